The molecule has 0 fully saturated rings. The number of hydrogen-bond donors (Lipinski definition) is 2. The third-order valence-electron chi connectivity index (χ3n) is 2.36. The summed E-state index contributed by atoms with van der Waals surface area (Å²) in [6.45, 7) is 1.41. The molecule has 1 aliphatic heterocycles. The number of hydrogen-bond acceptors (Lipinski definition) is 3. The van der Waals surface area contributed by atoms with Crippen LogP contribution in [0.3, 0.4) is 0 Å². The summed E-state index contributed by atoms with van der Waals surface area (Å²) in [6.07, 6.45) is -0.445. The van der Waals surface area contributed by atoms with Crippen LogP contribution in [0.4, 0.5) is 0 Å². The third-order valence-corrected chi connectivity index (χ3v) is 2.36. The van der Waals surface area contributed by atoms with Crippen LogP contribution in [0.2, 0.25) is 0 Å². The van der Waals surface area contributed by atoms with Crippen LogP contribution in [-0.4, -0.2) is 18.8 Å². The minimum atomic E-state index is -0.445. The summed E-state index contributed by atoms with van der Waals surface area (Å²) in [5.41, 5.74) is 2.06. The van der Waals surface area contributed by atoms with Gasteiger partial charge in [-0.05, 0) is 11.6 Å². The molecule has 2 rings (SSSR count). The van der Waals surface area contributed by atoms with Gasteiger partial charge in [-0.25, -0.2) is 0 Å². The topological polar surface area (TPSA) is 41.5 Å². The second kappa shape index (κ2) is 3.36. The zero-order valence-corrected chi connectivity index (χ0v) is 7.58. The summed E-state index contributed by atoms with van der Waals surface area (Å²) < 4.78 is 5.20. The van der Waals surface area contributed by atoms with Crippen molar-refractivity contribution in [2.24, 2.45) is 0 Å². The number of methoxy groups -OCH3 is 1. The lowest BCUT2D eigenvalue weighted by atomic mass is 9.98. The van der Waals surface area contributed by atoms with Crippen LogP contribution in [-0.2, 0) is 6.54 Å². The molecule has 0 saturated heterocycles. The van der Waals surface area contributed by atoms with Gasteiger partial charge in [0.2, 0.25) is 0 Å². The number of benzene rings is 1. The Kier molecular flexibility index (Phi) is 2.20. The van der Waals surface area contributed by atoms with Crippen molar-refractivity contribution in [3.8, 4) is 5.75 Å². The van der Waals surface area contributed by atoms with Gasteiger partial charge in [-0.3, -0.25) is 0 Å². The number of rotatable bonds is 1. The van der Waals surface area contributed by atoms with Crippen molar-refractivity contribution in [1.82, 2.24) is 5.32 Å². The van der Waals surface area contributed by atoms with E-state index in [0.29, 0.717) is 6.54 Å². The Hall–Kier alpha value is -1.06. The molecule has 0 aliphatic carbocycles. The monoisotopic (exact) mass is 179 g/mol. The van der Waals surface area contributed by atoms with Gasteiger partial charge in [0.25, 0.3) is 0 Å². The summed E-state index contributed by atoms with van der Waals surface area (Å²) in [6, 6.07) is 5.83. The lowest BCUT2D eigenvalue weighted by molar-refractivity contribution is 0.160. The lowest BCUT2D eigenvalue weighted by Crippen LogP contribution is -2.28. The second-order valence-corrected chi connectivity index (χ2v) is 3.18. The summed E-state index contributed by atoms with van der Waals surface area (Å²) in [4.78, 5) is 0. The minimum Gasteiger partial charge on any atom is -0.496 e. The van der Waals surface area contributed by atoms with Crippen LogP contribution in [0.25, 0.3) is 0 Å². The number of fused-ring (bicyclic) bond motifs is 1. The Morgan fingerprint density at radius 3 is 3.15 bits per heavy atom. The maximum absolute atomic E-state index is 9.73. The molecule has 1 atom stereocenters. The SMILES string of the molecule is COc1cccc2c1C(O)CNC2. The average Bonchev–Trinajstić information content (AvgIpc) is 2.17. The van der Waals surface area contributed by atoms with Gasteiger partial charge in [0.15, 0.2) is 0 Å². The molecule has 0 spiro atoms. The Bertz CT molecular complexity index is 298. The van der Waals surface area contributed by atoms with Gasteiger partial charge < -0.3 is 15.2 Å². The molecule has 0 aromatic heterocycles. The molecular weight excluding hydrogens is 166 g/mol. The molecule has 1 unspecified atom stereocenters. The average molecular weight is 179 g/mol. The molecule has 1 aliphatic rings. The van der Waals surface area contributed by atoms with Crippen LogP contribution in [0.15, 0.2) is 18.2 Å². The zero-order valence-electron chi connectivity index (χ0n) is 7.58. The van der Waals surface area contributed by atoms with E-state index in [0.717, 1.165) is 23.4 Å². The van der Waals surface area contributed by atoms with Gasteiger partial charge in [0.05, 0.1) is 13.2 Å². The highest BCUT2D eigenvalue weighted by atomic mass is 16.5. The highest BCUT2D eigenvalue weighted by Gasteiger charge is 2.20. The van der Waals surface area contributed by atoms with Gasteiger partial charge in [-0.15, -0.1) is 0 Å². The highest BCUT2D eigenvalue weighted by molar-refractivity contribution is 5.43. The fourth-order valence-corrected chi connectivity index (χ4v) is 1.75. The van der Waals surface area contributed by atoms with Crippen molar-refractivity contribution in [1.29, 1.82) is 0 Å². The first-order valence-corrected chi connectivity index (χ1v) is 4.37. The molecule has 1 heterocycles. The Morgan fingerprint density at radius 1 is 1.54 bits per heavy atom. The number of nitrogens with one attached hydrogen (secondary N) is 1. The van der Waals surface area contributed by atoms with Gasteiger partial charge >= 0.3 is 0 Å². The van der Waals surface area contributed by atoms with Gasteiger partial charge in [-0.2, -0.15) is 0 Å². The maximum atomic E-state index is 9.73. The zero-order chi connectivity index (χ0) is 9.26. The molecule has 1 aromatic rings. The van der Waals surface area contributed by atoms with Crippen LogP contribution >= 0.6 is 0 Å². The minimum absolute atomic E-state index is 0.445. The first kappa shape index (κ1) is 8.53. The van der Waals surface area contributed by atoms with Crippen molar-refractivity contribution in [3.05, 3.63) is 29.3 Å². The molecule has 0 saturated carbocycles. The van der Waals surface area contributed by atoms with E-state index in [1.54, 1.807) is 7.11 Å². The van der Waals surface area contributed by atoms with E-state index in [4.69, 9.17) is 4.74 Å². The summed E-state index contributed by atoms with van der Waals surface area (Å²) in [5, 5.41) is 12.9. The molecule has 70 valence electrons. The number of aliphatic hydroxyl groups excluding tert-OH is 1. The lowest BCUT2D eigenvalue weighted by Gasteiger charge is -2.24. The third kappa shape index (κ3) is 1.41. The quantitative estimate of drug-likeness (QED) is 0.671. The van der Waals surface area contributed by atoms with E-state index in [1.165, 1.54) is 0 Å². The normalized spacial score (nSPS) is 20.9. The highest BCUT2D eigenvalue weighted by Crippen LogP contribution is 2.30. The smallest absolute Gasteiger partial charge is 0.125 e. The molecule has 0 radical (unpaired) electrons. The molecule has 3 nitrogen and oxygen atoms in total. The van der Waals surface area contributed by atoms with Gasteiger partial charge in [0.1, 0.15) is 5.75 Å². The molecule has 1 aromatic carbocycles. The molecule has 2 N–H and O–H groups in total. The van der Waals surface area contributed by atoms with Crippen LogP contribution < -0.4 is 10.1 Å². The predicted octanol–water partition coefficient (Wildman–Crippen LogP) is 0.832. The Morgan fingerprint density at radius 2 is 2.38 bits per heavy atom. The molecular formula is C10H13NO2. The number of β-amino-alcohol motifs (C(OH)–C–C–N with tert-alkyl or cyclic N) is 1. The Balaban J connectivity index is 2.50. The Labute approximate surface area is 77.3 Å². The van der Waals surface area contributed by atoms with Gasteiger partial charge in [0, 0.05) is 18.7 Å². The van der Waals surface area contributed by atoms with E-state index in [9.17, 15) is 5.11 Å². The van der Waals surface area contributed by atoms with E-state index >= 15 is 0 Å². The standard InChI is InChI=1S/C10H13NO2/c1-13-9-4-2-3-7-5-11-6-8(12)10(7)9/h2-4,8,11-12H,5-6H2,1H3. The largest absolute Gasteiger partial charge is 0.496 e. The van der Waals surface area contributed by atoms with E-state index in [2.05, 4.69) is 5.32 Å². The fourth-order valence-electron chi connectivity index (χ4n) is 1.75. The van der Waals surface area contributed by atoms with Crippen molar-refractivity contribution in [2.75, 3.05) is 13.7 Å². The van der Waals surface area contributed by atoms with E-state index in [-0.39, 0.29) is 0 Å². The number of aliphatic hydroxyl groups is 1. The van der Waals surface area contributed by atoms with Crippen molar-refractivity contribution in [2.45, 2.75) is 12.6 Å². The van der Waals surface area contributed by atoms with E-state index < -0.39 is 6.10 Å². The molecule has 0 amide bonds. The van der Waals surface area contributed by atoms with Gasteiger partial charge in [-0.1, -0.05) is 12.1 Å². The maximum Gasteiger partial charge on any atom is 0.125 e. The van der Waals surface area contributed by atoms with Crippen molar-refractivity contribution < 1.29 is 9.84 Å². The number of ether oxygens (including phenoxy) is 1. The van der Waals surface area contributed by atoms with E-state index in [1.807, 2.05) is 18.2 Å². The first-order valence-electron chi connectivity index (χ1n) is 4.37. The summed E-state index contributed by atoms with van der Waals surface area (Å²) in [7, 11) is 1.63. The molecule has 0 bridgehead atoms. The van der Waals surface area contributed by atoms with Crippen molar-refractivity contribution >= 4 is 0 Å². The van der Waals surface area contributed by atoms with Crippen molar-refractivity contribution in [3.63, 3.8) is 0 Å². The first-order chi connectivity index (χ1) is 6.33. The van der Waals surface area contributed by atoms with Crippen LogP contribution in [0.1, 0.15) is 17.2 Å². The summed E-state index contributed by atoms with van der Waals surface area (Å²) in [5.74, 6) is 0.784. The van der Waals surface area contributed by atoms with Crippen LogP contribution in [0, 0.1) is 0 Å². The second-order valence-electron chi connectivity index (χ2n) is 3.18. The fraction of sp³-hybridized carbons (Fsp3) is 0.400. The van der Waals surface area contributed by atoms with Crippen LogP contribution in [0.5, 0.6) is 5.75 Å². The molecule has 13 heavy (non-hydrogen) atoms. The molecule has 3 heteroatoms. The predicted molar refractivity (Wildman–Crippen MR) is 49.7 cm³/mol. The summed E-state index contributed by atoms with van der Waals surface area (Å²) >= 11 is 0.